The van der Waals surface area contributed by atoms with Crippen molar-refractivity contribution in [2.45, 2.75) is 63.0 Å². The first-order valence-electron chi connectivity index (χ1n) is 8.91. The molecule has 1 aliphatic heterocycles. The summed E-state index contributed by atoms with van der Waals surface area (Å²) in [6.07, 6.45) is 4.95. The van der Waals surface area contributed by atoms with E-state index < -0.39 is 5.60 Å². The van der Waals surface area contributed by atoms with Crippen LogP contribution in [0.1, 0.15) is 56.4 Å². The molecular formula is C19H24N2O2S. The minimum atomic E-state index is -0.516. The number of amides is 1. The molecule has 0 spiro atoms. The molecule has 1 saturated heterocycles. The summed E-state index contributed by atoms with van der Waals surface area (Å²) in [6, 6.07) is 8.36. The van der Waals surface area contributed by atoms with Gasteiger partial charge >= 0.3 is 0 Å². The standard InChI is InChI=1S/C19H24N2O2S/c1-13(18-20-15-6-2-3-7-16(15)24-18)11-17(22)21-10-9-19(23)8-4-5-14(21)12-19/h2-3,6-7,13-14,23H,4-5,8-12H2,1H3. The van der Waals surface area contributed by atoms with Crippen molar-refractivity contribution in [3.05, 3.63) is 29.3 Å². The minimum absolute atomic E-state index is 0.138. The molecule has 24 heavy (non-hydrogen) atoms. The first-order valence-corrected chi connectivity index (χ1v) is 9.73. The number of carbonyl (C=O) groups is 1. The molecule has 1 aromatic carbocycles. The maximum atomic E-state index is 12.8. The SMILES string of the molecule is CC(CC(=O)N1CCC2(O)CCCC1C2)c1nc2ccccc2s1. The molecule has 2 bridgehead atoms. The van der Waals surface area contributed by atoms with Gasteiger partial charge in [-0.05, 0) is 44.2 Å². The Morgan fingerprint density at radius 3 is 3.12 bits per heavy atom. The molecule has 5 heteroatoms. The number of aromatic nitrogens is 1. The summed E-state index contributed by atoms with van der Waals surface area (Å²) in [5.74, 6) is 0.356. The lowest BCUT2D eigenvalue weighted by atomic mass is 9.76. The van der Waals surface area contributed by atoms with E-state index in [2.05, 4.69) is 13.0 Å². The van der Waals surface area contributed by atoms with Crippen molar-refractivity contribution in [1.29, 1.82) is 0 Å². The quantitative estimate of drug-likeness (QED) is 0.924. The molecule has 0 radical (unpaired) electrons. The van der Waals surface area contributed by atoms with E-state index in [0.717, 1.165) is 42.6 Å². The number of nitrogens with zero attached hydrogens (tertiary/aromatic N) is 2. The van der Waals surface area contributed by atoms with Crippen molar-refractivity contribution < 1.29 is 9.90 Å². The van der Waals surface area contributed by atoms with Crippen LogP contribution in [0.4, 0.5) is 0 Å². The maximum absolute atomic E-state index is 12.8. The maximum Gasteiger partial charge on any atom is 0.223 e. The molecule has 3 atom stereocenters. The molecule has 2 aromatic rings. The molecule has 3 unspecified atom stereocenters. The molecule has 1 amide bonds. The van der Waals surface area contributed by atoms with E-state index in [1.165, 1.54) is 4.70 Å². The van der Waals surface area contributed by atoms with E-state index in [4.69, 9.17) is 4.98 Å². The summed E-state index contributed by atoms with van der Waals surface area (Å²) < 4.78 is 1.18. The second-order valence-corrected chi connectivity index (χ2v) is 8.50. The van der Waals surface area contributed by atoms with E-state index in [-0.39, 0.29) is 17.9 Å². The Balaban J connectivity index is 1.45. The van der Waals surface area contributed by atoms with Crippen LogP contribution in [0, 0.1) is 0 Å². The number of carbonyl (C=O) groups excluding carboxylic acids is 1. The van der Waals surface area contributed by atoms with Gasteiger partial charge < -0.3 is 10.0 Å². The lowest BCUT2D eigenvalue weighted by molar-refractivity contribution is -0.144. The molecule has 2 fully saturated rings. The highest BCUT2D eigenvalue weighted by Crippen LogP contribution is 2.39. The molecule has 1 N–H and O–H groups in total. The summed E-state index contributed by atoms with van der Waals surface area (Å²) in [5.41, 5.74) is 0.505. The van der Waals surface area contributed by atoms with Crippen LogP contribution < -0.4 is 0 Å². The van der Waals surface area contributed by atoms with Gasteiger partial charge in [-0.15, -0.1) is 11.3 Å². The highest BCUT2D eigenvalue weighted by Gasteiger charge is 2.42. The Kier molecular flexibility index (Phi) is 4.09. The molecule has 1 aliphatic carbocycles. The summed E-state index contributed by atoms with van der Waals surface area (Å²) >= 11 is 1.69. The third-order valence-electron chi connectivity index (χ3n) is 5.59. The molecule has 1 aromatic heterocycles. The van der Waals surface area contributed by atoms with Crippen LogP contribution >= 0.6 is 11.3 Å². The Morgan fingerprint density at radius 1 is 1.46 bits per heavy atom. The van der Waals surface area contributed by atoms with Crippen molar-refractivity contribution >= 4 is 27.5 Å². The van der Waals surface area contributed by atoms with Gasteiger partial charge in [-0.1, -0.05) is 19.1 Å². The summed E-state index contributed by atoms with van der Waals surface area (Å²) in [5, 5.41) is 11.5. The summed E-state index contributed by atoms with van der Waals surface area (Å²) in [7, 11) is 0. The third-order valence-corrected chi connectivity index (χ3v) is 6.85. The van der Waals surface area contributed by atoms with Gasteiger partial charge in [0.1, 0.15) is 0 Å². The van der Waals surface area contributed by atoms with Crippen molar-refractivity contribution in [2.24, 2.45) is 0 Å². The van der Waals surface area contributed by atoms with Crippen molar-refractivity contribution in [3.8, 4) is 0 Å². The molecule has 4 nitrogen and oxygen atoms in total. The Hall–Kier alpha value is -1.46. The van der Waals surface area contributed by atoms with Gasteiger partial charge in [0, 0.05) is 24.9 Å². The number of fused-ring (bicyclic) bond motifs is 3. The van der Waals surface area contributed by atoms with Crippen LogP contribution in [0.5, 0.6) is 0 Å². The van der Waals surface area contributed by atoms with Gasteiger partial charge in [-0.25, -0.2) is 4.98 Å². The van der Waals surface area contributed by atoms with Gasteiger partial charge in [-0.2, -0.15) is 0 Å². The Morgan fingerprint density at radius 2 is 2.29 bits per heavy atom. The molecule has 2 heterocycles. The second kappa shape index (κ2) is 6.12. The van der Waals surface area contributed by atoms with E-state index in [0.29, 0.717) is 13.0 Å². The van der Waals surface area contributed by atoms with Crippen LogP contribution in [0.2, 0.25) is 0 Å². The summed E-state index contributed by atoms with van der Waals surface area (Å²) in [4.78, 5) is 19.5. The fourth-order valence-electron chi connectivity index (χ4n) is 4.21. The average Bonchev–Trinajstić information content (AvgIpc) is 2.98. The lowest BCUT2D eigenvalue weighted by Crippen LogP contribution is -2.55. The smallest absolute Gasteiger partial charge is 0.223 e. The number of benzene rings is 1. The van der Waals surface area contributed by atoms with Gasteiger partial charge in [0.25, 0.3) is 0 Å². The number of thiazole rings is 1. The molecule has 4 rings (SSSR count). The highest BCUT2D eigenvalue weighted by molar-refractivity contribution is 7.18. The summed E-state index contributed by atoms with van der Waals surface area (Å²) in [6.45, 7) is 2.79. The van der Waals surface area contributed by atoms with Crippen LogP contribution in [-0.4, -0.2) is 39.1 Å². The van der Waals surface area contributed by atoms with Crippen LogP contribution in [0.25, 0.3) is 10.2 Å². The van der Waals surface area contributed by atoms with E-state index in [1.807, 2.05) is 23.1 Å². The molecule has 1 saturated carbocycles. The topological polar surface area (TPSA) is 53.4 Å². The fraction of sp³-hybridized carbons (Fsp3) is 0.579. The monoisotopic (exact) mass is 344 g/mol. The number of aliphatic hydroxyl groups is 1. The van der Waals surface area contributed by atoms with Crippen molar-refractivity contribution in [2.75, 3.05) is 6.54 Å². The molecule has 2 aliphatic rings. The third kappa shape index (κ3) is 2.95. The zero-order chi connectivity index (χ0) is 16.7. The van der Waals surface area contributed by atoms with Crippen LogP contribution in [0.15, 0.2) is 24.3 Å². The minimum Gasteiger partial charge on any atom is -0.390 e. The molecule has 128 valence electrons. The number of rotatable bonds is 3. The van der Waals surface area contributed by atoms with Gasteiger partial charge in [0.05, 0.1) is 20.8 Å². The van der Waals surface area contributed by atoms with Gasteiger partial charge in [0.15, 0.2) is 0 Å². The number of likely N-dealkylation sites (tertiary alicyclic amines) is 1. The first-order chi connectivity index (χ1) is 11.5. The normalized spacial score (nSPS) is 28.1. The van der Waals surface area contributed by atoms with Gasteiger partial charge in [-0.3, -0.25) is 4.79 Å². The van der Waals surface area contributed by atoms with Crippen LogP contribution in [-0.2, 0) is 4.79 Å². The van der Waals surface area contributed by atoms with Gasteiger partial charge in [0.2, 0.25) is 5.91 Å². The number of piperidine rings is 1. The van der Waals surface area contributed by atoms with E-state index in [1.54, 1.807) is 11.3 Å². The zero-order valence-electron chi connectivity index (χ0n) is 14.1. The predicted molar refractivity (Wildman–Crippen MR) is 96.2 cm³/mol. The van der Waals surface area contributed by atoms with Crippen molar-refractivity contribution in [3.63, 3.8) is 0 Å². The predicted octanol–water partition coefficient (Wildman–Crippen LogP) is 3.70. The average molecular weight is 344 g/mol. The van der Waals surface area contributed by atoms with Crippen molar-refractivity contribution in [1.82, 2.24) is 9.88 Å². The van der Waals surface area contributed by atoms with E-state index >= 15 is 0 Å². The number of para-hydroxylation sites is 1. The number of hydrogen-bond acceptors (Lipinski definition) is 4. The Bertz CT molecular complexity index is 726. The lowest BCUT2D eigenvalue weighted by Gasteiger charge is -2.48. The largest absolute Gasteiger partial charge is 0.390 e. The fourth-order valence-corrected chi connectivity index (χ4v) is 5.23. The van der Waals surface area contributed by atoms with E-state index in [9.17, 15) is 9.90 Å². The second-order valence-electron chi connectivity index (χ2n) is 7.44. The Labute approximate surface area is 146 Å². The highest BCUT2D eigenvalue weighted by atomic mass is 32.1. The number of hydrogen-bond donors (Lipinski definition) is 1. The molecular weight excluding hydrogens is 320 g/mol. The van der Waals surface area contributed by atoms with Crippen LogP contribution in [0.3, 0.4) is 0 Å². The first kappa shape index (κ1) is 16.0. The zero-order valence-corrected chi connectivity index (χ0v) is 14.9.